The minimum atomic E-state index is 0.547. The first-order valence-corrected chi connectivity index (χ1v) is 5.51. The second-order valence-corrected chi connectivity index (χ2v) is 3.83. The number of aryl methyl sites for hydroxylation is 1. The van der Waals surface area contributed by atoms with Gasteiger partial charge >= 0.3 is 0 Å². The van der Waals surface area contributed by atoms with Crippen LogP contribution in [0.1, 0.15) is 17.3 Å². The zero-order chi connectivity index (χ0) is 13.0. The number of hydrogen-bond acceptors (Lipinski definition) is 6. The fourth-order valence-electron chi connectivity index (χ4n) is 1.54. The summed E-state index contributed by atoms with van der Waals surface area (Å²) in [4.78, 5) is 4.10. The second kappa shape index (κ2) is 5.19. The molecule has 0 unspecified atom stereocenters. The normalized spacial score (nSPS) is 10.0. The average Bonchev–Trinajstić information content (AvgIpc) is 2.77. The zero-order valence-electron chi connectivity index (χ0n) is 9.97. The van der Waals surface area contributed by atoms with Crippen molar-refractivity contribution in [3.8, 4) is 6.07 Å². The molecule has 2 rings (SSSR count). The summed E-state index contributed by atoms with van der Waals surface area (Å²) in [6.45, 7) is 2.41. The van der Waals surface area contributed by atoms with Gasteiger partial charge in [-0.05, 0) is 25.1 Å². The summed E-state index contributed by atoms with van der Waals surface area (Å²) < 4.78 is 4.99. The van der Waals surface area contributed by atoms with Gasteiger partial charge in [0, 0.05) is 13.0 Å². The Morgan fingerprint density at radius 1 is 1.50 bits per heavy atom. The number of anilines is 2. The van der Waals surface area contributed by atoms with Crippen molar-refractivity contribution in [2.45, 2.75) is 13.3 Å². The van der Waals surface area contributed by atoms with Crippen LogP contribution in [0, 0.1) is 18.3 Å². The highest BCUT2D eigenvalue weighted by Gasteiger charge is 2.03. The lowest BCUT2D eigenvalue weighted by molar-refractivity contribution is 0.377. The summed E-state index contributed by atoms with van der Waals surface area (Å²) in [5, 5.41) is 15.6. The summed E-state index contributed by atoms with van der Waals surface area (Å²) in [5.74, 6) is 1.22. The molecule has 0 radical (unpaired) electrons. The van der Waals surface area contributed by atoms with Crippen LogP contribution in [0.2, 0.25) is 0 Å². The van der Waals surface area contributed by atoms with E-state index in [1.807, 2.05) is 6.07 Å². The van der Waals surface area contributed by atoms with Gasteiger partial charge < -0.3 is 15.6 Å². The summed E-state index contributed by atoms with van der Waals surface area (Å²) in [5.41, 5.74) is 7.71. The van der Waals surface area contributed by atoms with Gasteiger partial charge in [-0.25, -0.2) is 0 Å². The van der Waals surface area contributed by atoms with Gasteiger partial charge in [-0.2, -0.15) is 10.2 Å². The Morgan fingerprint density at radius 2 is 2.33 bits per heavy atom. The maximum atomic E-state index is 8.73. The van der Waals surface area contributed by atoms with E-state index in [1.165, 1.54) is 0 Å². The fraction of sp³-hybridized carbons (Fsp3) is 0.250. The molecule has 92 valence electrons. The number of nitrogens with zero attached hydrogens (tertiary/aromatic N) is 3. The lowest BCUT2D eigenvalue weighted by Crippen LogP contribution is -2.07. The molecule has 0 aliphatic heterocycles. The molecule has 0 spiro atoms. The SMILES string of the molecule is Cc1noc(CCNc2ccc(C#N)cc2N)n1. The Labute approximate surface area is 104 Å². The second-order valence-electron chi connectivity index (χ2n) is 3.83. The molecule has 1 heterocycles. The molecule has 0 amide bonds. The Morgan fingerprint density at radius 3 is 2.94 bits per heavy atom. The minimum Gasteiger partial charge on any atom is -0.397 e. The van der Waals surface area contributed by atoms with Gasteiger partial charge in [-0.15, -0.1) is 0 Å². The number of benzene rings is 1. The summed E-state index contributed by atoms with van der Waals surface area (Å²) in [6, 6.07) is 7.18. The summed E-state index contributed by atoms with van der Waals surface area (Å²) in [6.07, 6.45) is 0.625. The van der Waals surface area contributed by atoms with Crippen LogP contribution in [0.25, 0.3) is 0 Å². The number of hydrogen-bond donors (Lipinski definition) is 2. The van der Waals surface area contributed by atoms with Crippen molar-refractivity contribution >= 4 is 11.4 Å². The van der Waals surface area contributed by atoms with Crippen LogP contribution >= 0.6 is 0 Å². The third kappa shape index (κ3) is 2.77. The Balaban J connectivity index is 1.92. The number of aromatic nitrogens is 2. The molecule has 1 aromatic carbocycles. The molecule has 0 saturated heterocycles. The predicted molar refractivity (Wildman–Crippen MR) is 66.8 cm³/mol. The van der Waals surface area contributed by atoms with E-state index in [4.69, 9.17) is 15.5 Å². The van der Waals surface area contributed by atoms with E-state index in [9.17, 15) is 0 Å². The highest BCUT2D eigenvalue weighted by Crippen LogP contribution is 2.19. The molecule has 0 saturated carbocycles. The molecule has 3 N–H and O–H groups in total. The third-order valence-electron chi connectivity index (χ3n) is 2.40. The molecule has 0 aliphatic rings. The van der Waals surface area contributed by atoms with Gasteiger partial charge in [0.2, 0.25) is 5.89 Å². The van der Waals surface area contributed by atoms with E-state index >= 15 is 0 Å². The number of nitriles is 1. The van der Waals surface area contributed by atoms with Crippen molar-refractivity contribution in [1.82, 2.24) is 10.1 Å². The molecule has 1 aromatic heterocycles. The van der Waals surface area contributed by atoms with E-state index in [2.05, 4.69) is 15.5 Å². The molecule has 6 nitrogen and oxygen atoms in total. The van der Waals surface area contributed by atoms with Crippen LogP contribution in [0.5, 0.6) is 0 Å². The highest BCUT2D eigenvalue weighted by atomic mass is 16.5. The van der Waals surface area contributed by atoms with Gasteiger partial charge in [0.15, 0.2) is 5.82 Å². The maximum Gasteiger partial charge on any atom is 0.228 e. The van der Waals surface area contributed by atoms with Gasteiger partial charge in [0.1, 0.15) is 0 Å². The summed E-state index contributed by atoms with van der Waals surface area (Å²) in [7, 11) is 0. The lowest BCUT2D eigenvalue weighted by Gasteiger charge is -2.07. The third-order valence-corrected chi connectivity index (χ3v) is 2.40. The number of rotatable bonds is 4. The quantitative estimate of drug-likeness (QED) is 0.789. The Kier molecular flexibility index (Phi) is 3.44. The fourth-order valence-corrected chi connectivity index (χ4v) is 1.54. The van der Waals surface area contributed by atoms with Gasteiger partial charge in [-0.1, -0.05) is 5.16 Å². The molecule has 0 aliphatic carbocycles. The van der Waals surface area contributed by atoms with E-state index in [1.54, 1.807) is 25.1 Å². The van der Waals surface area contributed by atoms with Crippen LogP contribution in [-0.2, 0) is 6.42 Å². The van der Waals surface area contributed by atoms with E-state index < -0.39 is 0 Å². The molecular formula is C12H13N5O. The first-order valence-electron chi connectivity index (χ1n) is 5.51. The van der Waals surface area contributed by atoms with Crippen LogP contribution < -0.4 is 11.1 Å². The van der Waals surface area contributed by atoms with Crippen molar-refractivity contribution in [2.24, 2.45) is 0 Å². The van der Waals surface area contributed by atoms with Crippen LogP contribution in [0.15, 0.2) is 22.7 Å². The number of nitrogens with one attached hydrogen (secondary N) is 1. The molecular weight excluding hydrogens is 230 g/mol. The molecule has 6 heteroatoms. The van der Waals surface area contributed by atoms with Crippen molar-refractivity contribution < 1.29 is 4.52 Å². The van der Waals surface area contributed by atoms with E-state index in [0.717, 1.165) is 5.69 Å². The Hall–Kier alpha value is -2.55. The number of nitrogen functional groups attached to an aromatic ring is 1. The van der Waals surface area contributed by atoms with Crippen molar-refractivity contribution in [2.75, 3.05) is 17.6 Å². The van der Waals surface area contributed by atoms with E-state index in [0.29, 0.717) is 35.9 Å². The minimum absolute atomic E-state index is 0.547. The number of nitrogens with two attached hydrogens (primary N) is 1. The predicted octanol–water partition coefficient (Wildman–Crippen LogP) is 1.49. The molecule has 0 bridgehead atoms. The Bertz CT molecular complexity index is 584. The monoisotopic (exact) mass is 243 g/mol. The first-order chi connectivity index (χ1) is 8.69. The van der Waals surface area contributed by atoms with Crippen molar-refractivity contribution in [3.05, 3.63) is 35.5 Å². The highest BCUT2D eigenvalue weighted by molar-refractivity contribution is 5.68. The summed E-state index contributed by atoms with van der Waals surface area (Å²) >= 11 is 0. The van der Waals surface area contributed by atoms with Gasteiger partial charge in [0.25, 0.3) is 0 Å². The van der Waals surface area contributed by atoms with Crippen LogP contribution in [-0.4, -0.2) is 16.7 Å². The first kappa shape index (κ1) is 11.9. The van der Waals surface area contributed by atoms with Crippen LogP contribution in [0.4, 0.5) is 11.4 Å². The smallest absolute Gasteiger partial charge is 0.228 e. The molecule has 2 aromatic rings. The largest absolute Gasteiger partial charge is 0.397 e. The van der Waals surface area contributed by atoms with Gasteiger partial charge in [-0.3, -0.25) is 0 Å². The zero-order valence-corrected chi connectivity index (χ0v) is 9.97. The maximum absolute atomic E-state index is 8.73. The van der Waals surface area contributed by atoms with E-state index in [-0.39, 0.29) is 0 Å². The van der Waals surface area contributed by atoms with Crippen molar-refractivity contribution in [3.63, 3.8) is 0 Å². The lowest BCUT2D eigenvalue weighted by atomic mass is 10.2. The average molecular weight is 243 g/mol. The molecule has 0 atom stereocenters. The van der Waals surface area contributed by atoms with Crippen molar-refractivity contribution in [1.29, 1.82) is 5.26 Å². The van der Waals surface area contributed by atoms with Crippen LogP contribution in [0.3, 0.4) is 0 Å². The topological polar surface area (TPSA) is 101 Å². The standard InChI is InChI=1S/C12H13N5O/c1-8-16-12(18-17-8)4-5-15-11-3-2-9(7-13)6-10(11)14/h2-3,6,15H,4-5,14H2,1H3. The molecule has 18 heavy (non-hydrogen) atoms. The van der Waals surface area contributed by atoms with Gasteiger partial charge in [0.05, 0.1) is 23.0 Å². The molecule has 0 fully saturated rings.